The zero-order valence-electron chi connectivity index (χ0n) is 16.2. The molecular formula is C18H19N3O8Y-2. The number of esters is 1. The minimum absolute atomic E-state index is 0. The first-order valence-corrected chi connectivity index (χ1v) is 7.99. The minimum atomic E-state index is -1.18. The van der Waals surface area contributed by atoms with Gasteiger partial charge in [0.05, 0.1) is 31.7 Å². The number of nitrogens with zero attached hydrogens (tertiary/aromatic N) is 1. The van der Waals surface area contributed by atoms with Gasteiger partial charge in [0, 0.05) is 44.3 Å². The molecule has 2 rings (SSSR count). The van der Waals surface area contributed by atoms with Gasteiger partial charge in [0.25, 0.3) is 5.69 Å². The van der Waals surface area contributed by atoms with Gasteiger partial charge in [0.2, 0.25) is 0 Å². The van der Waals surface area contributed by atoms with E-state index in [1.54, 1.807) is 0 Å². The van der Waals surface area contributed by atoms with E-state index >= 15 is 0 Å². The predicted octanol–water partition coefficient (Wildman–Crippen LogP) is 3.82. The van der Waals surface area contributed by atoms with Gasteiger partial charge in [-0.2, -0.15) is 0 Å². The Hall–Kier alpha value is -2.28. The Labute approximate surface area is 197 Å². The van der Waals surface area contributed by atoms with Crippen LogP contribution >= 0.6 is 0 Å². The van der Waals surface area contributed by atoms with Gasteiger partial charge in [0.1, 0.15) is 12.2 Å². The molecule has 0 saturated heterocycles. The van der Waals surface area contributed by atoms with E-state index in [9.17, 15) is 19.7 Å². The average Bonchev–Trinajstić information content (AvgIpc) is 2.72. The molecule has 2 N–H and O–H groups in total. The number of benzene rings is 2. The van der Waals surface area contributed by atoms with Gasteiger partial charge in [-0.3, -0.25) is 10.1 Å². The van der Waals surface area contributed by atoms with E-state index in [4.69, 9.17) is 16.5 Å². The second-order valence-corrected chi connectivity index (χ2v) is 5.26. The topological polar surface area (TPSA) is 162 Å². The van der Waals surface area contributed by atoms with Crippen LogP contribution in [0.15, 0.2) is 42.5 Å². The molecule has 0 spiro atoms. The summed E-state index contributed by atoms with van der Waals surface area (Å²) in [5, 5.41) is 10.6. The van der Waals surface area contributed by atoms with Gasteiger partial charge < -0.3 is 26.0 Å². The van der Waals surface area contributed by atoms with E-state index in [0.717, 1.165) is 30.4 Å². The Morgan fingerprint density at radius 3 is 2.10 bits per heavy atom. The normalized spacial score (nSPS) is 9.57. The Bertz CT molecular complexity index is 831. The number of methoxy groups -OCH3 is 1. The van der Waals surface area contributed by atoms with E-state index in [0.29, 0.717) is 6.61 Å². The standard InChI is InChI=1S/C9H8N2O5.C9H12NO3.Y/c1-16-9(13)7-5(8(10)12)3-2-4-6(7)11(14)15;1-11-13-7-9-5-3-2-4-8(9)6-12-10;/h2-4H,1H3,(H2,10,12);2-5,10H,6-7H2,1H3;/q;-1;/p-1. The van der Waals surface area contributed by atoms with Crippen LogP contribution in [0.3, 0.4) is 0 Å². The van der Waals surface area contributed by atoms with Crippen LogP contribution in [0.5, 0.6) is 0 Å². The van der Waals surface area contributed by atoms with Gasteiger partial charge in [0.15, 0.2) is 0 Å². The Morgan fingerprint density at radius 2 is 1.63 bits per heavy atom. The maximum absolute atomic E-state index is 11.3. The van der Waals surface area contributed by atoms with E-state index in [1.165, 1.54) is 13.2 Å². The van der Waals surface area contributed by atoms with E-state index in [1.807, 2.05) is 24.3 Å². The SMILES string of the molecule is COC(=O)c1c(C([NH-])=O)cccc1[N+](=O)[O-].COOCc1ccccc1CO[NH-].[Y]. The van der Waals surface area contributed by atoms with Gasteiger partial charge in [-0.25, -0.2) is 14.6 Å². The Kier molecular flexibility index (Phi) is 13.6. The van der Waals surface area contributed by atoms with Gasteiger partial charge >= 0.3 is 5.97 Å². The largest absolute Gasteiger partial charge is 0.664 e. The Morgan fingerprint density at radius 1 is 1.03 bits per heavy atom. The van der Waals surface area contributed by atoms with Crippen molar-refractivity contribution in [2.24, 2.45) is 0 Å². The number of nitro groups is 1. The van der Waals surface area contributed by atoms with Crippen molar-refractivity contribution in [3.8, 4) is 0 Å². The molecule has 2 aromatic rings. The van der Waals surface area contributed by atoms with Crippen LogP contribution in [0.4, 0.5) is 5.69 Å². The third-order valence-electron chi connectivity index (χ3n) is 3.55. The van der Waals surface area contributed by atoms with Crippen LogP contribution in [-0.2, 0) is 65.3 Å². The molecule has 0 unspecified atom stereocenters. The number of amides is 1. The fraction of sp³-hybridized carbons (Fsp3) is 0.222. The molecule has 0 aromatic heterocycles. The first-order chi connectivity index (χ1) is 13.9. The van der Waals surface area contributed by atoms with Gasteiger partial charge in [-0.15, -0.1) is 0 Å². The summed E-state index contributed by atoms with van der Waals surface area (Å²) in [6.45, 7) is 0.638. The zero-order chi connectivity index (χ0) is 21.8. The molecular weight excluding hydrogens is 475 g/mol. The van der Waals surface area contributed by atoms with Crippen LogP contribution in [0.2, 0.25) is 0 Å². The zero-order valence-corrected chi connectivity index (χ0v) is 19.1. The van der Waals surface area contributed by atoms with E-state index < -0.39 is 28.1 Å². The van der Waals surface area contributed by atoms with Crippen LogP contribution in [-0.4, -0.2) is 31.0 Å². The molecule has 0 heterocycles. The van der Waals surface area contributed by atoms with E-state index in [2.05, 4.69) is 14.5 Å². The molecule has 0 fully saturated rings. The molecule has 0 aliphatic heterocycles. The fourth-order valence-electron chi connectivity index (χ4n) is 2.24. The molecule has 0 atom stereocenters. The van der Waals surface area contributed by atoms with Crippen molar-refractivity contribution in [2.75, 3.05) is 14.2 Å². The molecule has 2 aromatic carbocycles. The van der Waals surface area contributed by atoms with Crippen molar-refractivity contribution in [1.82, 2.24) is 0 Å². The average molecular weight is 494 g/mol. The summed E-state index contributed by atoms with van der Waals surface area (Å²) in [6, 6.07) is 11.1. The molecule has 0 saturated carbocycles. The number of carbonyl (C=O) groups excluding carboxylic acids is 2. The van der Waals surface area contributed by atoms with Gasteiger partial charge in [-0.1, -0.05) is 36.4 Å². The minimum Gasteiger partial charge on any atom is -0.664 e. The summed E-state index contributed by atoms with van der Waals surface area (Å²) in [6.07, 6.45) is 0. The van der Waals surface area contributed by atoms with Crippen LogP contribution in [0.1, 0.15) is 31.8 Å². The molecule has 0 aliphatic rings. The molecule has 0 aliphatic carbocycles. The number of ether oxygens (including phenoxy) is 1. The summed E-state index contributed by atoms with van der Waals surface area (Å²) >= 11 is 0. The van der Waals surface area contributed by atoms with Crippen molar-refractivity contribution in [2.45, 2.75) is 13.2 Å². The molecule has 1 radical (unpaired) electrons. The summed E-state index contributed by atoms with van der Waals surface area (Å²) < 4.78 is 4.34. The van der Waals surface area contributed by atoms with Crippen LogP contribution in [0, 0.1) is 10.1 Å². The van der Waals surface area contributed by atoms with Crippen LogP contribution < -0.4 is 0 Å². The molecule has 0 bridgehead atoms. The second-order valence-electron chi connectivity index (χ2n) is 5.26. The summed E-state index contributed by atoms with van der Waals surface area (Å²) in [4.78, 5) is 45.6. The number of nitro benzene ring substituents is 1. The quantitative estimate of drug-likeness (QED) is 0.232. The number of carbonyl (C=O) groups is 2. The van der Waals surface area contributed by atoms with Crippen molar-refractivity contribution in [1.29, 1.82) is 0 Å². The molecule has 11 nitrogen and oxygen atoms in total. The first kappa shape index (κ1) is 27.7. The predicted molar refractivity (Wildman–Crippen MR) is 100 cm³/mol. The summed E-state index contributed by atoms with van der Waals surface area (Å²) in [5.41, 5.74) is 7.42. The monoisotopic (exact) mass is 494 g/mol. The summed E-state index contributed by atoms with van der Waals surface area (Å²) in [5.74, 6) is 4.45. The van der Waals surface area contributed by atoms with Crippen molar-refractivity contribution in [3.05, 3.63) is 86.5 Å². The molecule has 12 heteroatoms. The number of hydrogen-bond donors (Lipinski definition) is 0. The maximum atomic E-state index is 11.3. The van der Waals surface area contributed by atoms with Crippen LogP contribution in [0.25, 0.3) is 11.6 Å². The molecule has 159 valence electrons. The third kappa shape index (κ3) is 8.22. The molecule has 30 heavy (non-hydrogen) atoms. The number of nitrogens with one attached hydrogen (secondary N) is 2. The second kappa shape index (κ2) is 14.7. The Balaban J connectivity index is 0.000000553. The summed E-state index contributed by atoms with van der Waals surface area (Å²) in [7, 11) is 2.50. The third-order valence-corrected chi connectivity index (χ3v) is 3.55. The smallest absolute Gasteiger partial charge is 0.345 e. The van der Waals surface area contributed by atoms with Crippen molar-refractivity contribution >= 4 is 17.6 Å². The van der Waals surface area contributed by atoms with Crippen molar-refractivity contribution in [3.63, 3.8) is 0 Å². The maximum Gasteiger partial charge on any atom is 0.345 e. The van der Waals surface area contributed by atoms with Gasteiger partial charge in [-0.05, 0) is 11.1 Å². The number of rotatable bonds is 8. The molecule has 1 amide bonds. The van der Waals surface area contributed by atoms with E-state index in [-0.39, 0.29) is 44.9 Å². The number of hydrogen-bond acceptors (Lipinski definition) is 8. The first-order valence-electron chi connectivity index (χ1n) is 7.99. The van der Waals surface area contributed by atoms with Crippen molar-refractivity contribution < 1.29 is 66.6 Å². The fourth-order valence-corrected chi connectivity index (χ4v) is 2.24.